The SMILES string of the molecule is CC1(C)CCC(Cl)CC1. The normalized spacial score (nSPS) is 28.3. The van der Waals surface area contributed by atoms with Gasteiger partial charge in [-0.3, -0.25) is 0 Å². The van der Waals surface area contributed by atoms with Gasteiger partial charge in [0.05, 0.1) is 0 Å². The van der Waals surface area contributed by atoms with Crippen LogP contribution in [0.15, 0.2) is 0 Å². The van der Waals surface area contributed by atoms with Crippen LogP contribution in [0, 0.1) is 5.41 Å². The number of halogens is 1. The van der Waals surface area contributed by atoms with Crippen LogP contribution in [0.3, 0.4) is 0 Å². The van der Waals surface area contributed by atoms with E-state index in [1.54, 1.807) is 0 Å². The Morgan fingerprint density at radius 2 is 1.67 bits per heavy atom. The third-order valence-electron chi connectivity index (χ3n) is 2.27. The summed E-state index contributed by atoms with van der Waals surface area (Å²) in [6.07, 6.45) is 5.05. The minimum absolute atomic E-state index is 0.470. The van der Waals surface area contributed by atoms with Crippen LogP contribution in [0.25, 0.3) is 0 Å². The fraction of sp³-hybridized carbons (Fsp3) is 1.00. The molecule has 1 heteroatoms. The Balaban J connectivity index is 2.35. The Morgan fingerprint density at radius 1 is 1.22 bits per heavy atom. The molecule has 0 N–H and O–H groups in total. The molecule has 0 aromatic rings. The molecule has 0 spiro atoms. The lowest BCUT2D eigenvalue weighted by molar-refractivity contribution is 0.247. The minimum Gasteiger partial charge on any atom is -0.123 e. The largest absolute Gasteiger partial charge is 0.123 e. The van der Waals surface area contributed by atoms with E-state index in [1.807, 2.05) is 0 Å². The van der Waals surface area contributed by atoms with Gasteiger partial charge in [0, 0.05) is 5.38 Å². The van der Waals surface area contributed by atoms with Crippen molar-refractivity contribution in [2.45, 2.75) is 44.9 Å². The second-order valence-corrected chi connectivity index (χ2v) is 4.46. The molecule has 1 saturated carbocycles. The molecule has 0 heterocycles. The van der Waals surface area contributed by atoms with E-state index in [1.165, 1.54) is 25.7 Å². The van der Waals surface area contributed by atoms with Crippen LogP contribution < -0.4 is 0 Å². The average Bonchev–Trinajstić information content (AvgIpc) is 1.78. The van der Waals surface area contributed by atoms with Gasteiger partial charge in [0.2, 0.25) is 0 Å². The number of hydrogen-bond donors (Lipinski definition) is 0. The van der Waals surface area contributed by atoms with Gasteiger partial charge >= 0.3 is 0 Å². The van der Waals surface area contributed by atoms with Crippen LogP contribution in [0.4, 0.5) is 0 Å². The molecule has 0 bridgehead atoms. The molecule has 1 fully saturated rings. The van der Waals surface area contributed by atoms with Crippen molar-refractivity contribution in [3.05, 3.63) is 0 Å². The molecule has 0 atom stereocenters. The Kier molecular flexibility index (Phi) is 2.05. The van der Waals surface area contributed by atoms with Crippen LogP contribution >= 0.6 is 11.6 Å². The molecule has 0 aromatic heterocycles. The van der Waals surface area contributed by atoms with Gasteiger partial charge in [-0.15, -0.1) is 11.6 Å². The van der Waals surface area contributed by atoms with E-state index in [4.69, 9.17) is 11.6 Å². The third kappa shape index (κ3) is 2.17. The van der Waals surface area contributed by atoms with E-state index in [9.17, 15) is 0 Å². The summed E-state index contributed by atoms with van der Waals surface area (Å²) in [6.45, 7) is 4.66. The van der Waals surface area contributed by atoms with Crippen LogP contribution in [0.5, 0.6) is 0 Å². The summed E-state index contributed by atoms with van der Waals surface area (Å²) in [5.41, 5.74) is 0.575. The number of alkyl halides is 1. The van der Waals surface area contributed by atoms with E-state index in [0.29, 0.717) is 10.8 Å². The van der Waals surface area contributed by atoms with Gasteiger partial charge in [0.1, 0.15) is 0 Å². The van der Waals surface area contributed by atoms with Gasteiger partial charge in [-0.25, -0.2) is 0 Å². The van der Waals surface area contributed by atoms with Crippen molar-refractivity contribution in [3.63, 3.8) is 0 Å². The summed E-state index contributed by atoms with van der Waals surface area (Å²) in [4.78, 5) is 0. The molecule has 1 aliphatic rings. The highest BCUT2D eigenvalue weighted by atomic mass is 35.5. The molecule has 0 aromatic carbocycles. The molecule has 1 rings (SSSR count). The maximum atomic E-state index is 5.94. The first-order valence-electron chi connectivity index (χ1n) is 3.74. The zero-order chi connectivity index (χ0) is 6.91. The molecule has 54 valence electrons. The maximum Gasteiger partial charge on any atom is 0.0336 e. The molecule has 0 radical (unpaired) electrons. The summed E-state index contributed by atoms with van der Waals surface area (Å²) in [6, 6.07) is 0. The smallest absolute Gasteiger partial charge is 0.0336 e. The van der Waals surface area contributed by atoms with Crippen molar-refractivity contribution in [3.8, 4) is 0 Å². The first kappa shape index (κ1) is 7.40. The molecular weight excluding hydrogens is 132 g/mol. The van der Waals surface area contributed by atoms with Crippen molar-refractivity contribution in [2.75, 3.05) is 0 Å². The number of hydrogen-bond acceptors (Lipinski definition) is 0. The van der Waals surface area contributed by atoms with Crippen LogP contribution in [-0.2, 0) is 0 Å². The molecule has 0 saturated heterocycles. The average molecular weight is 147 g/mol. The van der Waals surface area contributed by atoms with Gasteiger partial charge in [-0.2, -0.15) is 0 Å². The quantitative estimate of drug-likeness (QED) is 0.461. The molecule has 0 nitrogen and oxygen atoms in total. The van der Waals surface area contributed by atoms with Crippen molar-refractivity contribution < 1.29 is 0 Å². The van der Waals surface area contributed by atoms with E-state index >= 15 is 0 Å². The molecule has 0 amide bonds. The van der Waals surface area contributed by atoms with E-state index in [0.717, 1.165) is 0 Å². The van der Waals surface area contributed by atoms with E-state index in [2.05, 4.69) is 13.8 Å². The predicted octanol–water partition coefficient (Wildman–Crippen LogP) is 3.19. The van der Waals surface area contributed by atoms with Gasteiger partial charge < -0.3 is 0 Å². The third-order valence-corrected chi connectivity index (χ3v) is 2.71. The molecule has 9 heavy (non-hydrogen) atoms. The Bertz CT molecular complexity index is 86.7. The van der Waals surface area contributed by atoms with Crippen molar-refractivity contribution >= 4 is 11.6 Å². The van der Waals surface area contributed by atoms with Crippen molar-refractivity contribution in [1.29, 1.82) is 0 Å². The van der Waals surface area contributed by atoms with Crippen LogP contribution in [-0.4, -0.2) is 5.38 Å². The zero-order valence-corrected chi connectivity index (χ0v) is 7.04. The Morgan fingerprint density at radius 3 is 2.00 bits per heavy atom. The molecule has 1 aliphatic carbocycles. The zero-order valence-electron chi connectivity index (χ0n) is 6.28. The number of rotatable bonds is 0. The maximum absolute atomic E-state index is 5.94. The van der Waals surface area contributed by atoms with Gasteiger partial charge in [-0.05, 0) is 31.1 Å². The highest BCUT2D eigenvalue weighted by Gasteiger charge is 2.25. The first-order chi connectivity index (χ1) is 4.10. The van der Waals surface area contributed by atoms with Gasteiger partial charge in [0.25, 0.3) is 0 Å². The first-order valence-corrected chi connectivity index (χ1v) is 4.18. The lowest BCUT2D eigenvalue weighted by Gasteiger charge is -2.31. The predicted molar refractivity (Wildman–Crippen MR) is 41.9 cm³/mol. The van der Waals surface area contributed by atoms with Crippen molar-refractivity contribution in [1.82, 2.24) is 0 Å². The molecule has 0 aliphatic heterocycles. The summed E-state index contributed by atoms with van der Waals surface area (Å²) in [5, 5.41) is 0.470. The Hall–Kier alpha value is 0.290. The van der Waals surface area contributed by atoms with E-state index in [-0.39, 0.29) is 0 Å². The van der Waals surface area contributed by atoms with Crippen LogP contribution in [0.1, 0.15) is 39.5 Å². The monoisotopic (exact) mass is 146 g/mol. The Labute approximate surface area is 62.6 Å². The standard InChI is InChI=1S/C8H15Cl/c1-8(2)5-3-7(9)4-6-8/h7H,3-6H2,1-2H3. The molecule has 0 unspecified atom stereocenters. The lowest BCUT2D eigenvalue weighted by atomic mass is 9.77. The van der Waals surface area contributed by atoms with E-state index < -0.39 is 0 Å². The summed E-state index contributed by atoms with van der Waals surface area (Å²) < 4.78 is 0. The summed E-state index contributed by atoms with van der Waals surface area (Å²) in [7, 11) is 0. The fourth-order valence-corrected chi connectivity index (χ4v) is 1.58. The van der Waals surface area contributed by atoms with Crippen molar-refractivity contribution in [2.24, 2.45) is 5.41 Å². The molecular formula is C8H15Cl. The topological polar surface area (TPSA) is 0 Å². The second kappa shape index (κ2) is 2.49. The fourth-order valence-electron chi connectivity index (χ4n) is 1.36. The highest BCUT2D eigenvalue weighted by Crippen LogP contribution is 2.36. The van der Waals surface area contributed by atoms with Gasteiger partial charge in [0.15, 0.2) is 0 Å². The second-order valence-electron chi connectivity index (χ2n) is 3.84. The summed E-state index contributed by atoms with van der Waals surface area (Å²) >= 11 is 5.94. The van der Waals surface area contributed by atoms with Crippen LogP contribution in [0.2, 0.25) is 0 Å². The van der Waals surface area contributed by atoms with Gasteiger partial charge in [-0.1, -0.05) is 13.8 Å². The minimum atomic E-state index is 0.470. The summed E-state index contributed by atoms with van der Waals surface area (Å²) in [5.74, 6) is 0. The lowest BCUT2D eigenvalue weighted by Crippen LogP contribution is -2.21. The highest BCUT2D eigenvalue weighted by molar-refractivity contribution is 6.20.